The standard InChI is InChI=1S/C8H13NS.C6H9NS/c1-4-7-5-10-8(9-7)6(2)3;1-3-6-4-8-5(2)7-6/h5-6H,4H2,1-3H3;4H,3H2,1-2H3. The van der Waals surface area contributed by atoms with Crippen LogP contribution in [-0.4, -0.2) is 9.97 Å². The summed E-state index contributed by atoms with van der Waals surface area (Å²) in [4.78, 5) is 8.69. The normalized spacial score (nSPS) is 10.3. The van der Waals surface area contributed by atoms with Crippen molar-refractivity contribution in [2.24, 2.45) is 0 Å². The van der Waals surface area contributed by atoms with Crippen LogP contribution in [0.2, 0.25) is 0 Å². The van der Waals surface area contributed by atoms with Crippen LogP contribution >= 0.6 is 22.7 Å². The van der Waals surface area contributed by atoms with Crippen molar-refractivity contribution < 1.29 is 0 Å². The molecule has 0 radical (unpaired) electrons. The summed E-state index contributed by atoms with van der Waals surface area (Å²) in [6.07, 6.45) is 2.12. The van der Waals surface area contributed by atoms with Gasteiger partial charge in [-0.3, -0.25) is 0 Å². The van der Waals surface area contributed by atoms with E-state index in [9.17, 15) is 0 Å². The van der Waals surface area contributed by atoms with Crippen LogP contribution in [0, 0.1) is 6.92 Å². The number of hydrogen-bond donors (Lipinski definition) is 0. The van der Waals surface area contributed by atoms with Crippen molar-refractivity contribution in [3.63, 3.8) is 0 Å². The van der Waals surface area contributed by atoms with Gasteiger partial charge in [0, 0.05) is 16.7 Å². The summed E-state index contributed by atoms with van der Waals surface area (Å²) in [5.41, 5.74) is 2.45. The molecule has 0 aliphatic rings. The summed E-state index contributed by atoms with van der Waals surface area (Å²) in [5.74, 6) is 0.588. The highest BCUT2D eigenvalue weighted by Gasteiger charge is 2.03. The van der Waals surface area contributed by atoms with E-state index in [2.05, 4.69) is 48.4 Å². The molecule has 2 heterocycles. The molecule has 0 aliphatic heterocycles. The van der Waals surface area contributed by atoms with E-state index >= 15 is 0 Å². The quantitative estimate of drug-likeness (QED) is 0.804. The molecular formula is C14H22N2S2. The second-order valence-corrected chi connectivity index (χ2v) is 6.35. The highest BCUT2D eigenvalue weighted by Crippen LogP contribution is 2.18. The molecule has 0 N–H and O–H groups in total. The van der Waals surface area contributed by atoms with Gasteiger partial charge in [0.25, 0.3) is 0 Å². The van der Waals surface area contributed by atoms with Gasteiger partial charge in [-0.1, -0.05) is 27.7 Å². The van der Waals surface area contributed by atoms with Crippen LogP contribution in [0.15, 0.2) is 10.8 Å². The van der Waals surface area contributed by atoms with Crippen LogP contribution in [-0.2, 0) is 12.8 Å². The molecule has 0 fully saturated rings. The molecule has 100 valence electrons. The molecule has 0 spiro atoms. The molecule has 0 saturated heterocycles. The molecule has 18 heavy (non-hydrogen) atoms. The molecule has 0 amide bonds. The second-order valence-electron chi connectivity index (χ2n) is 4.40. The molecule has 4 heteroatoms. The first-order valence-electron chi connectivity index (χ1n) is 6.42. The number of aryl methyl sites for hydroxylation is 3. The van der Waals surface area contributed by atoms with Crippen LogP contribution in [0.25, 0.3) is 0 Å². The van der Waals surface area contributed by atoms with Crippen molar-refractivity contribution in [1.29, 1.82) is 0 Å². The zero-order chi connectivity index (χ0) is 13.5. The van der Waals surface area contributed by atoms with Crippen LogP contribution in [0.1, 0.15) is 55.0 Å². The van der Waals surface area contributed by atoms with Crippen LogP contribution in [0.5, 0.6) is 0 Å². The molecule has 0 saturated carbocycles. The third kappa shape index (κ3) is 4.86. The predicted octanol–water partition coefficient (Wildman–Crippen LogP) is 4.84. The smallest absolute Gasteiger partial charge is 0.0953 e. The zero-order valence-electron chi connectivity index (χ0n) is 11.9. The van der Waals surface area contributed by atoms with E-state index in [1.54, 1.807) is 22.7 Å². The largest absolute Gasteiger partial charge is 0.247 e. The van der Waals surface area contributed by atoms with Crippen LogP contribution < -0.4 is 0 Å². The minimum absolute atomic E-state index is 0.588. The zero-order valence-corrected chi connectivity index (χ0v) is 13.5. The number of aromatic nitrogens is 2. The summed E-state index contributed by atoms with van der Waals surface area (Å²) in [5, 5.41) is 6.68. The fourth-order valence-electron chi connectivity index (χ4n) is 1.32. The summed E-state index contributed by atoms with van der Waals surface area (Å²) in [6.45, 7) is 10.6. The van der Waals surface area contributed by atoms with Crippen molar-refractivity contribution in [1.82, 2.24) is 9.97 Å². The van der Waals surface area contributed by atoms with Gasteiger partial charge in [0.05, 0.1) is 21.4 Å². The molecule has 0 aliphatic carbocycles. The highest BCUT2D eigenvalue weighted by molar-refractivity contribution is 7.09. The van der Waals surface area contributed by atoms with Crippen molar-refractivity contribution in [2.75, 3.05) is 0 Å². The fraction of sp³-hybridized carbons (Fsp3) is 0.571. The number of rotatable bonds is 3. The first-order chi connectivity index (χ1) is 8.56. The van der Waals surface area contributed by atoms with Gasteiger partial charge in [-0.05, 0) is 19.8 Å². The molecule has 0 aromatic carbocycles. The minimum Gasteiger partial charge on any atom is -0.247 e. The Balaban J connectivity index is 0.000000184. The highest BCUT2D eigenvalue weighted by atomic mass is 32.1. The van der Waals surface area contributed by atoms with Gasteiger partial charge in [0.15, 0.2) is 0 Å². The van der Waals surface area contributed by atoms with Crippen molar-refractivity contribution in [3.05, 3.63) is 32.2 Å². The molecule has 2 aromatic heterocycles. The van der Waals surface area contributed by atoms with E-state index in [0.717, 1.165) is 12.8 Å². The Kier molecular flexibility index (Phi) is 6.50. The van der Waals surface area contributed by atoms with Gasteiger partial charge in [-0.2, -0.15) is 0 Å². The Morgan fingerprint density at radius 3 is 1.83 bits per heavy atom. The predicted molar refractivity (Wildman–Crippen MR) is 81.8 cm³/mol. The molecule has 0 atom stereocenters. The van der Waals surface area contributed by atoms with Gasteiger partial charge in [0.2, 0.25) is 0 Å². The van der Waals surface area contributed by atoms with Crippen molar-refractivity contribution in [3.8, 4) is 0 Å². The van der Waals surface area contributed by atoms with Gasteiger partial charge in [-0.25, -0.2) is 9.97 Å². The van der Waals surface area contributed by atoms with E-state index in [4.69, 9.17) is 0 Å². The monoisotopic (exact) mass is 282 g/mol. The average molecular weight is 282 g/mol. The average Bonchev–Trinajstić information content (AvgIpc) is 2.97. The lowest BCUT2D eigenvalue weighted by Crippen LogP contribution is -1.86. The third-order valence-corrected chi connectivity index (χ3v) is 4.47. The van der Waals surface area contributed by atoms with E-state index in [1.807, 2.05) is 6.92 Å². The summed E-state index contributed by atoms with van der Waals surface area (Å²) >= 11 is 3.49. The van der Waals surface area contributed by atoms with Gasteiger partial charge in [0.1, 0.15) is 0 Å². The number of thiazole rings is 2. The lowest BCUT2D eigenvalue weighted by atomic mass is 10.2. The van der Waals surface area contributed by atoms with Crippen LogP contribution in [0.3, 0.4) is 0 Å². The van der Waals surface area contributed by atoms with Gasteiger partial charge < -0.3 is 0 Å². The van der Waals surface area contributed by atoms with E-state index in [0.29, 0.717) is 5.92 Å². The summed E-state index contributed by atoms with van der Waals surface area (Å²) < 4.78 is 0. The lowest BCUT2D eigenvalue weighted by Gasteiger charge is -1.95. The Hall–Kier alpha value is -0.740. The Morgan fingerprint density at radius 1 is 1.00 bits per heavy atom. The minimum atomic E-state index is 0.588. The summed E-state index contributed by atoms with van der Waals surface area (Å²) in [6, 6.07) is 0. The number of hydrogen-bond acceptors (Lipinski definition) is 4. The fourth-order valence-corrected chi connectivity index (χ4v) is 2.94. The maximum atomic E-state index is 4.45. The Labute approximate surface area is 118 Å². The molecule has 0 bridgehead atoms. The molecule has 2 aromatic rings. The van der Waals surface area contributed by atoms with Crippen molar-refractivity contribution >= 4 is 22.7 Å². The first-order valence-corrected chi connectivity index (χ1v) is 8.18. The molecule has 2 rings (SSSR count). The Bertz CT molecular complexity index is 458. The third-order valence-electron chi connectivity index (χ3n) is 2.45. The van der Waals surface area contributed by atoms with E-state index in [-0.39, 0.29) is 0 Å². The molecule has 2 nitrogen and oxygen atoms in total. The maximum Gasteiger partial charge on any atom is 0.0953 e. The van der Waals surface area contributed by atoms with E-state index < -0.39 is 0 Å². The van der Waals surface area contributed by atoms with E-state index in [1.165, 1.54) is 21.4 Å². The topological polar surface area (TPSA) is 25.8 Å². The van der Waals surface area contributed by atoms with Gasteiger partial charge in [-0.15, -0.1) is 22.7 Å². The summed E-state index contributed by atoms with van der Waals surface area (Å²) in [7, 11) is 0. The van der Waals surface area contributed by atoms with Crippen molar-refractivity contribution in [2.45, 2.75) is 53.4 Å². The number of nitrogens with zero attached hydrogens (tertiary/aromatic N) is 2. The first kappa shape index (κ1) is 15.3. The molecular weight excluding hydrogens is 260 g/mol. The molecule has 0 unspecified atom stereocenters. The maximum absolute atomic E-state index is 4.45. The SMILES string of the molecule is CCc1csc(C(C)C)n1.CCc1csc(C)n1. The Morgan fingerprint density at radius 2 is 1.56 bits per heavy atom. The lowest BCUT2D eigenvalue weighted by molar-refractivity contribution is 0.840. The van der Waals surface area contributed by atoms with Gasteiger partial charge >= 0.3 is 0 Å². The van der Waals surface area contributed by atoms with Crippen LogP contribution in [0.4, 0.5) is 0 Å². The second kappa shape index (κ2) is 7.64.